The zero-order valence-corrected chi connectivity index (χ0v) is 24.3. The first-order valence-corrected chi connectivity index (χ1v) is 15.4. The van der Waals surface area contributed by atoms with E-state index >= 15 is 0 Å². The van der Waals surface area contributed by atoms with Gasteiger partial charge in [0.15, 0.2) is 0 Å². The van der Waals surface area contributed by atoms with Crippen molar-refractivity contribution < 1.29 is 4.74 Å². The number of ether oxygens (including phenoxy) is 1. The standard InChI is InChI=1S/C33H58O/c1-23(13-15-30(5)19-20-34-22-30)26-11-12-27-25-10-9-24-21-31(6,29(2,3)4)17-18-32(24,7)28(25)14-16-33(26,27)8/h23-28H,9-22H2,1-8H3/t23-,24+,25+,26-,27+,28+,30?,31-,32+,33-/m1/s1. The molecule has 1 aliphatic heterocycles. The van der Waals surface area contributed by atoms with Crippen LogP contribution in [0.2, 0.25) is 0 Å². The molecule has 0 aromatic heterocycles. The first-order chi connectivity index (χ1) is 15.8. The van der Waals surface area contributed by atoms with Gasteiger partial charge in [-0.1, -0.05) is 55.4 Å². The van der Waals surface area contributed by atoms with Crippen LogP contribution in [-0.2, 0) is 4.74 Å². The Morgan fingerprint density at radius 1 is 0.824 bits per heavy atom. The molecule has 0 amide bonds. The average Bonchev–Trinajstić information content (AvgIpc) is 3.35. The summed E-state index contributed by atoms with van der Waals surface area (Å²) in [5.74, 6) is 5.87. The summed E-state index contributed by atoms with van der Waals surface area (Å²) in [6.07, 6.45) is 17.7. The molecule has 1 saturated heterocycles. The lowest BCUT2D eigenvalue weighted by molar-refractivity contribution is -0.145. The molecule has 1 heteroatoms. The number of hydrogen-bond donors (Lipinski definition) is 0. The molecule has 10 atom stereocenters. The molecule has 4 aliphatic carbocycles. The molecule has 0 N–H and O–H groups in total. The second-order valence-corrected chi connectivity index (χ2v) is 16.5. The summed E-state index contributed by atoms with van der Waals surface area (Å²) in [5, 5.41) is 0. The van der Waals surface area contributed by atoms with Crippen LogP contribution in [0.1, 0.15) is 132 Å². The van der Waals surface area contributed by atoms with Crippen LogP contribution in [-0.4, -0.2) is 13.2 Å². The summed E-state index contributed by atoms with van der Waals surface area (Å²) in [6, 6.07) is 0. The molecule has 5 fully saturated rings. The van der Waals surface area contributed by atoms with Crippen molar-refractivity contribution in [2.45, 2.75) is 132 Å². The van der Waals surface area contributed by atoms with E-state index in [1.807, 2.05) is 0 Å². The van der Waals surface area contributed by atoms with Crippen molar-refractivity contribution in [2.24, 2.45) is 62.6 Å². The topological polar surface area (TPSA) is 9.23 Å². The summed E-state index contributed by atoms with van der Waals surface area (Å²) in [7, 11) is 0. The molecule has 4 saturated carbocycles. The van der Waals surface area contributed by atoms with Crippen molar-refractivity contribution >= 4 is 0 Å². The van der Waals surface area contributed by atoms with Gasteiger partial charge in [0.2, 0.25) is 0 Å². The maximum Gasteiger partial charge on any atom is 0.0520 e. The Balaban J connectivity index is 1.28. The van der Waals surface area contributed by atoms with Crippen LogP contribution in [0.3, 0.4) is 0 Å². The summed E-state index contributed by atoms with van der Waals surface area (Å²) >= 11 is 0. The van der Waals surface area contributed by atoms with Gasteiger partial charge in [-0.05, 0) is 140 Å². The maximum absolute atomic E-state index is 5.77. The highest BCUT2D eigenvalue weighted by molar-refractivity contribution is 5.11. The molecule has 0 radical (unpaired) electrons. The van der Waals surface area contributed by atoms with Crippen molar-refractivity contribution in [1.29, 1.82) is 0 Å². The third kappa shape index (κ3) is 3.96. The molecular weight excluding hydrogens is 412 g/mol. The fourth-order valence-corrected chi connectivity index (χ4v) is 10.8. The van der Waals surface area contributed by atoms with Crippen LogP contribution in [0.25, 0.3) is 0 Å². The van der Waals surface area contributed by atoms with Crippen LogP contribution in [0.5, 0.6) is 0 Å². The van der Waals surface area contributed by atoms with Crippen molar-refractivity contribution in [3.63, 3.8) is 0 Å². The molecule has 196 valence electrons. The van der Waals surface area contributed by atoms with Crippen LogP contribution in [0.4, 0.5) is 0 Å². The van der Waals surface area contributed by atoms with Gasteiger partial charge in [0, 0.05) is 6.61 Å². The lowest BCUT2D eigenvalue weighted by Gasteiger charge is -2.64. The van der Waals surface area contributed by atoms with Crippen molar-refractivity contribution in [3.8, 4) is 0 Å². The highest BCUT2D eigenvalue weighted by Crippen LogP contribution is 2.70. The van der Waals surface area contributed by atoms with Crippen molar-refractivity contribution in [3.05, 3.63) is 0 Å². The highest BCUT2D eigenvalue weighted by atomic mass is 16.5. The summed E-state index contributed by atoms with van der Waals surface area (Å²) < 4.78 is 5.77. The second-order valence-electron chi connectivity index (χ2n) is 16.5. The molecule has 1 unspecified atom stereocenters. The molecule has 1 heterocycles. The van der Waals surface area contributed by atoms with Gasteiger partial charge in [-0.3, -0.25) is 0 Å². The van der Waals surface area contributed by atoms with E-state index in [1.54, 1.807) is 6.42 Å². The van der Waals surface area contributed by atoms with Crippen LogP contribution >= 0.6 is 0 Å². The lowest BCUT2D eigenvalue weighted by Crippen LogP contribution is -2.55. The molecule has 0 spiro atoms. The van der Waals surface area contributed by atoms with Gasteiger partial charge in [-0.25, -0.2) is 0 Å². The van der Waals surface area contributed by atoms with Gasteiger partial charge >= 0.3 is 0 Å². The third-order valence-corrected chi connectivity index (χ3v) is 14.1. The van der Waals surface area contributed by atoms with Gasteiger partial charge in [0.1, 0.15) is 0 Å². The molecule has 0 aromatic rings. The Morgan fingerprint density at radius 2 is 1.56 bits per heavy atom. The van der Waals surface area contributed by atoms with E-state index in [4.69, 9.17) is 4.74 Å². The highest BCUT2D eigenvalue weighted by Gasteiger charge is 2.62. The smallest absolute Gasteiger partial charge is 0.0520 e. The second kappa shape index (κ2) is 8.49. The minimum absolute atomic E-state index is 0.437. The quantitative estimate of drug-likeness (QED) is 0.397. The summed E-state index contributed by atoms with van der Waals surface area (Å²) in [4.78, 5) is 0. The molecule has 5 rings (SSSR count). The maximum atomic E-state index is 5.77. The SMILES string of the molecule is C[C@H](CCC1(C)CCOC1)[C@H]1CC[C@H]2[C@@H]3CC[C@H]4C[C@](C)(C(C)(C)C)CC[C@]4(C)[C@H]3CC[C@]12C. The normalized spacial score (nSPS) is 52.1. The van der Waals surface area contributed by atoms with E-state index in [-0.39, 0.29) is 0 Å². The van der Waals surface area contributed by atoms with E-state index < -0.39 is 0 Å². The average molecular weight is 471 g/mol. The number of hydrogen-bond acceptors (Lipinski definition) is 1. The van der Waals surface area contributed by atoms with Crippen LogP contribution < -0.4 is 0 Å². The molecular formula is C33H58O. The Hall–Kier alpha value is -0.0400. The zero-order valence-electron chi connectivity index (χ0n) is 24.3. The monoisotopic (exact) mass is 470 g/mol. The first-order valence-electron chi connectivity index (χ1n) is 15.4. The predicted molar refractivity (Wildman–Crippen MR) is 145 cm³/mol. The van der Waals surface area contributed by atoms with Gasteiger partial charge in [-0.2, -0.15) is 0 Å². The predicted octanol–water partition coefficient (Wildman–Crippen LogP) is 9.54. The molecule has 0 aromatic carbocycles. The van der Waals surface area contributed by atoms with Crippen LogP contribution in [0.15, 0.2) is 0 Å². The third-order valence-electron chi connectivity index (χ3n) is 14.1. The molecule has 1 nitrogen and oxygen atoms in total. The van der Waals surface area contributed by atoms with E-state index in [0.29, 0.717) is 27.1 Å². The first kappa shape index (κ1) is 25.6. The van der Waals surface area contributed by atoms with Gasteiger partial charge in [0.05, 0.1) is 6.61 Å². The molecule has 34 heavy (non-hydrogen) atoms. The Labute approximate surface area is 213 Å². The van der Waals surface area contributed by atoms with Crippen molar-refractivity contribution in [1.82, 2.24) is 0 Å². The van der Waals surface area contributed by atoms with Gasteiger partial charge in [0.25, 0.3) is 0 Å². The van der Waals surface area contributed by atoms with E-state index in [2.05, 4.69) is 55.4 Å². The Bertz CT molecular complexity index is 742. The van der Waals surface area contributed by atoms with Crippen molar-refractivity contribution in [2.75, 3.05) is 13.2 Å². The van der Waals surface area contributed by atoms with Gasteiger partial charge in [-0.15, -0.1) is 0 Å². The van der Waals surface area contributed by atoms with E-state index in [0.717, 1.165) is 48.7 Å². The molecule has 5 aliphatic rings. The minimum atomic E-state index is 0.437. The largest absolute Gasteiger partial charge is 0.381 e. The summed E-state index contributed by atoms with van der Waals surface area (Å²) in [6.45, 7) is 22.8. The minimum Gasteiger partial charge on any atom is -0.381 e. The fraction of sp³-hybridized carbons (Fsp3) is 1.00. The van der Waals surface area contributed by atoms with Gasteiger partial charge < -0.3 is 4.74 Å². The Kier molecular flexibility index (Phi) is 6.40. The Morgan fingerprint density at radius 3 is 2.24 bits per heavy atom. The van der Waals surface area contributed by atoms with E-state index in [9.17, 15) is 0 Å². The number of rotatable bonds is 4. The van der Waals surface area contributed by atoms with Crippen LogP contribution in [0, 0.1) is 62.6 Å². The number of fused-ring (bicyclic) bond motifs is 5. The molecule has 0 bridgehead atoms. The summed E-state index contributed by atoms with van der Waals surface area (Å²) in [5.41, 5.74) is 2.66. The zero-order chi connectivity index (χ0) is 24.6. The van der Waals surface area contributed by atoms with E-state index in [1.165, 1.54) is 70.6 Å². The fourth-order valence-electron chi connectivity index (χ4n) is 10.8. The lowest BCUT2D eigenvalue weighted by atomic mass is 9.41.